The molecule has 256 valence electrons. The quantitative estimate of drug-likeness (QED) is 0.0528. The molecule has 0 N–H and O–H groups in total. The average Bonchev–Trinajstić information content (AvgIpc) is 3.01. The van der Waals surface area contributed by atoms with Crippen molar-refractivity contribution in [1.29, 1.82) is 0 Å². The predicted molar refractivity (Wildman–Crippen MR) is 189 cm³/mol. The van der Waals surface area contributed by atoms with Crippen LogP contribution in [0, 0.1) is 0 Å². The van der Waals surface area contributed by atoms with Gasteiger partial charge < -0.3 is 8.85 Å². The summed E-state index contributed by atoms with van der Waals surface area (Å²) in [7, 11) is -2.78. The highest BCUT2D eigenvalue weighted by molar-refractivity contribution is 6.70. The summed E-state index contributed by atoms with van der Waals surface area (Å²) >= 11 is 0. The summed E-state index contributed by atoms with van der Waals surface area (Å²) in [5.41, 5.74) is 0. The first-order valence-electron chi connectivity index (χ1n) is 19.5. The zero-order valence-electron chi connectivity index (χ0n) is 29.8. The molecule has 0 aromatic heterocycles. The van der Waals surface area contributed by atoms with Crippen LogP contribution in [0.15, 0.2) is 0 Å². The maximum atomic E-state index is 12.6. The molecule has 0 aromatic carbocycles. The molecular weight excluding hydrogens is 549 g/mol. The lowest BCUT2D eigenvalue weighted by Gasteiger charge is -2.27. The minimum absolute atomic E-state index is 0.168. The van der Waals surface area contributed by atoms with Gasteiger partial charge in [-0.2, -0.15) is 0 Å². The van der Waals surface area contributed by atoms with E-state index in [1.165, 1.54) is 154 Å². The molecule has 0 radical (unpaired) electrons. The Balaban J connectivity index is 3.79. The van der Waals surface area contributed by atoms with Crippen LogP contribution < -0.4 is 0 Å². The number of unbranched alkanes of at least 4 members (excludes halogenated alkanes) is 26. The molecule has 0 atom stereocenters. The van der Waals surface area contributed by atoms with Crippen LogP contribution in [0.5, 0.6) is 0 Å². The van der Waals surface area contributed by atoms with Crippen molar-refractivity contribution in [3.8, 4) is 0 Å². The molecule has 0 aliphatic rings. The van der Waals surface area contributed by atoms with Crippen molar-refractivity contribution in [3.05, 3.63) is 0 Å². The third-order valence-corrected chi connectivity index (χ3v) is 12.5. The van der Waals surface area contributed by atoms with Crippen LogP contribution in [0.25, 0.3) is 0 Å². The van der Waals surface area contributed by atoms with Gasteiger partial charge in [0.15, 0.2) is 0 Å². The van der Waals surface area contributed by atoms with E-state index in [4.69, 9.17) is 8.85 Å². The normalized spacial score (nSPS) is 11.6. The van der Waals surface area contributed by atoms with Crippen molar-refractivity contribution in [2.75, 3.05) is 0 Å². The molecule has 0 aliphatic carbocycles. The minimum atomic E-state index is -2.78. The monoisotopic (exact) mass is 625 g/mol. The fraction of sp³-hybridized carbons (Fsp3) is 0.947. The largest absolute Gasteiger partial charge is 0.485 e. The fourth-order valence-corrected chi connectivity index (χ4v) is 8.16. The Morgan fingerprint density at radius 2 is 0.558 bits per heavy atom. The summed E-state index contributed by atoms with van der Waals surface area (Å²) in [5, 5.41) is 0. The Bertz CT molecular complexity index is 557. The van der Waals surface area contributed by atoms with Crippen LogP contribution in [0.1, 0.15) is 220 Å². The Morgan fingerprint density at radius 3 is 0.767 bits per heavy atom. The second-order valence-electron chi connectivity index (χ2n) is 13.3. The third kappa shape index (κ3) is 28.4. The van der Waals surface area contributed by atoms with Crippen LogP contribution >= 0.6 is 0 Å². The Kier molecular flexibility index (Phi) is 31.9. The van der Waals surface area contributed by atoms with E-state index in [1.54, 1.807) is 0 Å². The van der Waals surface area contributed by atoms with Gasteiger partial charge in [-0.15, -0.1) is 0 Å². The topological polar surface area (TPSA) is 52.6 Å². The minimum Gasteiger partial charge on any atom is -0.485 e. The van der Waals surface area contributed by atoms with Gasteiger partial charge >= 0.3 is 8.56 Å². The van der Waals surface area contributed by atoms with E-state index in [1.807, 2.05) is 13.8 Å². The maximum Gasteiger partial charge on any atom is 0.463 e. The van der Waals surface area contributed by atoms with Crippen molar-refractivity contribution in [1.82, 2.24) is 0 Å². The second-order valence-corrected chi connectivity index (χ2v) is 16.9. The smallest absolute Gasteiger partial charge is 0.463 e. The van der Waals surface area contributed by atoms with Crippen LogP contribution in [-0.4, -0.2) is 20.5 Å². The van der Waals surface area contributed by atoms with Gasteiger partial charge in [0.1, 0.15) is 0 Å². The van der Waals surface area contributed by atoms with Gasteiger partial charge in [-0.1, -0.05) is 195 Å². The first-order valence-corrected chi connectivity index (χ1v) is 21.7. The number of carbonyl (C=O) groups is 2. The highest BCUT2D eigenvalue weighted by atomic mass is 28.4. The van der Waals surface area contributed by atoms with Gasteiger partial charge in [-0.3, -0.25) is 9.59 Å². The molecule has 0 aliphatic heterocycles. The summed E-state index contributed by atoms with van der Waals surface area (Å²) in [4.78, 5) is 25.2. The molecule has 0 saturated heterocycles. The van der Waals surface area contributed by atoms with E-state index in [9.17, 15) is 9.59 Å². The van der Waals surface area contributed by atoms with Crippen molar-refractivity contribution >= 4 is 20.5 Å². The van der Waals surface area contributed by atoms with Crippen molar-refractivity contribution in [2.24, 2.45) is 0 Å². The molecule has 0 aromatic rings. The highest BCUT2D eigenvalue weighted by Gasteiger charge is 2.41. The first-order chi connectivity index (χ1) is 21.0. The molecule has 0 spiro atoms. The molecular formula is C38H76O4Si. The van der Waals surface area contributed by atoms with E-state index in [0.29, 0.717) is 24.9 Å². The molecule has 0 rings (SSSR count). The number of carbonyl (C=O) groups excluding carboxylic acids is 2. The highest BCUT2D eigenvalue weighted by Crippen LogP contribution is 2.22. The third-order valence-electron chi connectivity index (χ3n) is 9.15. The number of hydrogen-bond acceptors (Lipinski definition) is 4. The number of hydrogen-bond donors (Lipinski definition) is 0. The van der Waals surface area contributed by atoms with Gasteiger partial charge in [0.25, 0.3) is 11.9 Å². The second kappa shape index (κ2) is 32.5. The lowest BCUT2D eigenvalue weighted by Crippen LogP contribution is -2.44. The summed E-state index contributed by atoms with van der Waals surface area (Å²) < 4.78 is 11.8. The fourth-order valence-electron chi connectivity index (χ4n) is 6.00. The summed E-state index contributed by atoms with van der Waals surface area (Å²) in [6.07, 6.45) is 37.3. The van der Waals surface area contributed by atoms with E-state index >= 15 is 0 Å². The molecule has 0 fully saturated rings. The molecule has 4 nitrogen and oxygen atoms in total. The van der Waals surface area contributed by atoms with E-state index < -0.39 is 8.56 Å². The van der Waals surface area contributed by atoms with E-state index in [-0.39, 0.29) is 11.9 Å². The first kappa shape index (κ1) is 42.2. The molecule has 0 unspecified atom stereocenters. The number of rotatable bonds is 34. The van der Waals surface area contributed by atoms with E-state index in [2.05, 4.69) is 13.8 Å². The van der Waals surface area contributed by atoms with Crippen LogP contribution in [0.3, 0.4) is 0 Å². The molecule has 0 amide bonds. The lowest BCUT2D eigenvalue weighted by molar-refractivity contribution is -0.141. The molecule has 0 heterocycles. The Hall–Kier alpha value is -0.843. The van der Waals surface area contributed by atoms with Crippen LogP contribution in [0.2, 0.25) is 12.1 Å². The molecule has 0 bridgehead atoms. The molecule has 5 heteroatoms. The van der Waals surface area contributed by atoms with Gasteiger partial charge in [0.2, 0.25) is 0 Å². The van der Waals surface area contributed by atoms with Gasteiger partial charge in [-0.25, -0.2) is 0 Å². The van der Waals surface area contributed by atoms with Crippen molar-refractivity contribution in [2.45, 2.75) is 232 Å². The van der Waals surface area contributed by atoms with Crippen molar-refractivity contribution < 1.29 is 18.4 Å². The predicted octanol–water partition coefficient (Wildman–Crippen LogP) is 13.3. The van der Waals surface area contributed by atoms with Gasteiger partial charge in [0, 0.05) is 24.9 Å². The van der Waals surface area contributed by atoms with Crippen LogP contribution in [0.4, 0.5) is 0 Å². The maximum absolute atomic E-state index is 12.6. The molecule has 43 heavy (non-hydrogen) atoms. The Labute approximate surface area is 270 Å². The lowest BCUT2D eigenvalue weighted by atomic mass is 10.0. The molecule has 0 saturated carbocycles. The van der Waals surface area contributed by atoms with Gasteiger partial charge in [0.05, 0.1) is 0 Å². The average molecular weight is 625 g/mol. The van der Waals surface area contributed by atoms with Gasteiger partial charge in [-0.05, 0) is 12.8 Å². The summed E-state index contributed by atoms with van der Waals surface area (Å²) in [6, 6.07) is 1.27. The summed E-state index contributed by atoms with van der Waals surface area (Å²) in [5.74, 6) is -0.336. The summed E-state index contributed by atoms with van der Waals surface area (Å²) in [6.45, 7) is 8.54. The zero-order chi connectivity index (χ0) is 31.7. The van der Waals surface area contributed by atoms with Crippen molar-refractivity contribution in [3.63, 3.8) is 0 Å². The van der Waals surface area contributed by atoms with Crippen LogP contribution in [-0.2, 0) is 18.4 Å². The van der Waals surface area contributed by atoms with E-state index in [0.717, 1.165) is 25.7 Å². The SMILES string of the molecule is CCCCCCCCCCCCCCCCC(=O)O[Si](CC)(CC)OC(=O)CCCCCCCCCCCCCCCC. The standard InChI is InChI=1S/C38H76O4Si/c1-5-9-11-13-15-17-19-21-23-25-27-29-31-33-35-37(39)41-43(7-3,8-4)42-38(40)36-34-32-30-28-26-24-22-20-18-16-14-12-10-6-2/h5-36H2,1-4H3. The zero-order valence-corrected chi connectivity index (χ0v) is 30.8. The Morgan fingerprint density at radius 1 is 0.349 bits per heavy atom.